The van der Waals surface area contributed by atoms with Crippen molar-refractivity contribution in [1.29, 1.82) is 0 Å². The Kier molecular flexibility index (Phi) is 5.30. The molecule has 126 valence electrons. The van der Waals surface area contributed by atoms with Gasteiger partial charge < -0.3 is 5.32 Å². The van der Waals surface area contributed by atoms with E-state index in [-0.39, 0.29) is 10.8 Å². The Morgan fingerprint density at radius 1 is 1.12 bits per heavy atom. The van der Waals surface area contributed by atoms with Crippen LogP contribution in [0.5, 0.6) is 0 Å². The van der Waals surface area contributed by atoms with Crippen molar-refractivity contribution in [3.8, 4) is 0 Å². The van der Waals surface area contributed by atoms with Crippen molar-refractivity contribution >= 4 is 21.4 Å². The first-order chi connectivity index (χ1) is 11.3. The SMILES string of the molecule is CC(=O)Nc1ccc(S(=O)(=O)C(C[N+](=O)[O-])c2ccccc2)cc1. The number of sulfone groups is 1. The fourth-order valence-electron chi connectivity index (χ4n) is 2.28. The van der Waals surface area contributed by atoms with Gasteiger partial charge >= 0.3 is 0 Å². The molecule has 1 N–H and O–H groups in total. The van der Waals surface area contributed by atoms with E-state index in [0.29, 0.717) is 11.3 Å². The van der Waals surface area contributed by atoms with Crippen LogP contribution in [0.25, 0.3) is 0 Å². The molecule has 0 aliphatic heterocycles. The van der Waals surface area contributed by atoms with Crippen molar-refractivity contribution in [3.05, 3.63) is 70.3 Å². The molecule has 0 spiro atoms. The largest absolute Gasteiger partial charge is 0.326 e. The molecule has 8 heteroatoms. The van der Waals surface area contributed by atoms with Gasteiger partial charge in [-0.2, -0.15) is 0 Å². The number of carbonyl (C=O) groups is 1. The first-order valence-corrected chi connectivity index (χ1v) is 8.63. The molecule has 0 saturated heterocycles. The maximum absolute atomic E-state index is 12.8. The summed E-state index contributed by atoms with van der Waals surface area (Å²) in [4.78, 5) is 21.3. The molecule has 0 fully saturated rings. The van der Waals surface area contributed by atoms with Crippen LogP contribution >= 0.6 is 0 Å². The molecular weight excluding hydrogens is 332 g/mol. The number of hydrogen-bond donors (Lipinski definition) is 1. The van der Waals surface area contributed by atoms with Gasteiger partial charge in [0.2, 0.25) is 12.5 Å². The predicted molar refractivity (Wildman–Crippen MR) is 89.0 cm³/mol. The lowest BCUT2D eigenvalue weighted by molar-refractivity contribution is -0.479. The Morgan fingerprint density at radius 3 is 2.21 bits per heavy atom. The lowest BCUT2D eigenvalue weighted by atomic mass is 10.1. The Hall–Kier alpha value is -2.74. The maximum Gasteiger partial charge on any atom is 0.225 e. The molecule has 1 amide bonds. The number of rotatable bonds is 6. The van der Waals surface area contributed by atoms with E-state index in [4.69, 9.17) is 0 Å². The van der Waals surface area contributed by atoms with Crippen LogP contribution in [0.3, 0.4) is 0 Å². The van der Waals surface area contributed by atoms with Gasteiger partial charge in [-0.1, -0.05) is 30.3 Å². The van der Waals surface area contributed by atoms with Crippen LogP contribution in [-0.4, -0.2) is 25.8 Å². The topological polar surface area (TPSA) is 106 Å². The van der Waals surface area contributed by atoms with Gasteiger partial charge in [-0.25, -0.2) is 8.42 Å². The van der Waals surface area contributed by atoms with Gasteiger partial charge in [-0.3, -0.25) is 14.9 Å². The van der Waals surface area contributed by atoms with Gasteiger partial charge in [-0.15, -0.1) is 0 Å². The summed E-state index contributed by atoms with van der Waals surface area (Å²) in [6.07, 6.45) is 0. The number of amides is 1. The third kappa shape index (κ3) is 4.17. The molecule has 1 atom stereocenters. The van der Waals surface area contributed by atoms with Gasteiger partial charge in [-0.05, 0) is 29.8 Å². The third-order valence-electron chi connectivity index (χ3n) is 3.36. The molecular formula is C16H16N2O5S. The van der Waals surface area contributed by atoms with Crippen LogP contribution < -0.4 is 5.32 Å². The van der Waals surface area contributed by atoms with Crippen molar-refractivity contribution in [2.75, 3.05) is 11.9 Å². The minimum absolute atomic E-state index is 0.0349. The first kappa shape index (κ1) is 17.6. The molecule has 0 aliphatic rings. The number of hydrogen-bond acceptors (Lipinski definition) is 5. The Bertz CT molecular complexity index is 833. The van der Waals surface area contributed by atoms with E-state index in [2.05, 4.69) is 5.32 Å². The number of carbonyl (C=O) groups excluding carboxylic acids is 1. The van der Waals surface area contributed by atoms with Crippen LogP contribution in [-0.2, 0) is 14.6 Å². The first-order valence-electron chi connectivity index (χ1n) is 7.09. The van der Waals surface area contributed by atoms with Crippen LogP contribution in [0.4, 0.5) is 5.69 Å². The summed E-state index contributed by atoms with van der Waals surface area (Å²) in [5, 5.41) is 12.2. The summed E-state index contributed by atoms with van der Waals surface area (Å²) in [6, 6.07) is 13.6. The fraction of sp³-hybridized carbons (Fsp3) is 0.188. The van der Waals surface area contributed by atoms with Crippen LogP contribution in [0, 0.1) is 10.1 Å². The minimum Gasteiger partial charge on any atom is -0.326 e. The summed E-state index contributed by atoms with van der Waals surface area (Å²) in [5.74, 6) is -0.277. The third-order valence-corrected chi connectivity index (χ3v) is 5.46. The molecule has 1 unspecified atom stereocenters. The maximum atomic E-state index is 12.8. The van der Waals surface area contributed by atoms with E-state index in [1.807, 2.05) is 0 Å². The van der Waals surface area contributed by atoms with E-state index >= 15 is 0 Å². The summed E-state index contributed by atoms with van der Waals surface area (Å²) in [6.45, 7) is 0.618. The summed E-state index contributed by atoms with van der Waals surface area (Å²) in [7, 11) is -3.95. The number of nitro groups is 1. The lowest BCUT2D eigenvalue weighted by Crippen LogP contribution is -2.22. The molecule has 7 nitrogen and oxygen atoms in total. The molecule has 24 heavy (non-hydrogen) atoms. The summed E-state index contributed by atoms with van der Waals surface area (Å²) >= 11 is 0. The molecule has 0 aromatic heterocycles. The zero-order valence-corrected chi connectivity index (χ0v) is 13.7. The van der Waals surface area contributed by atoms with Gasteiger partial charge in [0.15, 0.2) is 15.1 Å². The van der Waals surface area contributed by atoms with Crippen LogP contribution in [0.2, 0.25) is 0 Å². The highest BCUT2D eigenvalue weighted by Crippen LogP contribution is 2.29. The smallest absolute Gasteiger partial charge is 0.225 e. The molecule has 0 aliphatic carbocycles. The summed E-state index contributed by atoms with van der Waals surface area (Å²) < 4.78 is 25.6. The molecule has 2 rings (SSSR count). The van der Waals surface area contributed by atoms with Crippen LogP contribution in [0.15, 0.2) is 59.5 Å². The van der Waals surface area contributed by atoms with Crippen molar-refractivity contribution in [1.82, 2.24) is 0 Å². The van der Waals surface area contributed by atoms with Gasteiger partial charge in [0.05, 0.1) is 4.90 Å². The molecule has 0 heterocycles. The van der Waals surface area contributed by atoms with E-state index in [1.54, 1.807) is 30.3 Å². The highest BCUT2D eigenvalue weighted by atomic mass is 32.2. The Labute approximate surface area is 139 Å². The van der Waals surface area contributed by atoms with Crippen molar-refractivity contribution < 1.29 is 18.1 Å². The number of nitrogens with one attached hydrogen (secondary N) is 1. The Balaban J connectivity index is 2.40. The zero-order chi connectivity index (χ0) is 17.7. The van der Waals surface area contributed by atoms with Gasteiger partial charge in [0.1, 0.15) is 0 Å². The molecule has 0 bridgehead atoms. The minimum atomic E-state index is -3.95. The highest BCUT2D eigenvalue weighted by molar-refractivity contribution is 7.91. The zero-order valence-electron chi connectivity index (χ0n) is 12.9. The van der Waals surface area contributed by atoms with Gasteiger partial charge in [0.25, 0.3) is 0 Å². The standard InChI is InChI=1S/C16H16N2O5S/c1-12(19)17-14-7-9-15(10-8-14)24(22,23)16(11-18(20)21)13-5-3-2-4-6-13/h2-10,16H,11H2,1H3,(H,17,19). The van der Waals surface area contributed by atoms with E-state index < -0.39 is 26.6 Å². The molecule has 2 aromatic carbocycles. The quantitative estimate of drug-likeness (QED) is 0.637. The average Bonchev–Trinajstić information content (AvgIpc) is 2.53. The predicted octanol–water partition coefficient (Wildman–Crippen LogP) is 2.44. The number of benzene rings is 2. The monoisotopic (exact) mass is 348 g/mol. The fourth-order valence-corrected chi connectivity index (χ4v) is 3.96. The number of anilines is 1. The van der Waals surface area contributed by atoms with E-state index in [0.717, 1.165) is 0 Å². The van der Waals surface area contributed by atoms with Crippen molar-refractivity contribution in [3.63, 3.8) is 0 Å². The molecule has 0 radical (unpaired) electrons. The highest BCUT2D eigenvalue weighted by Gasteiger charge is 2.33. The molecule has 2 aromatic rings. The summed E-state index contributed by atoms with van der Waals surface area (Å²) in [5.41, 5.74) is 0.812. The van der Waals surface area contributed by atoms with Crippen molar-refractivity contribution in [2.45, 2.75) is 17.1 Å². The molecule has 0 saturated carbocycles. The second-order valence-electron chi connectivity index (χ2n) is 5.17. The van der Waals surface area contributed by atoms with Crippen molar-refractivity contribution in [2.24, 2.45) is 0 Å². The van der Waals surface area contributed by atoms with E-state index in [9.17, 15) is 23.3 Å². The van der Waals surface area contributed by atoms with E-state index in [1.165, 1.54) is 31.2 Å². The second kappa shape index (κ2) is 7.22. The average molecular weight is 348 g/mol. The number of nitrogens with zero attached hydrogens (tertiary/aromatic N) is 1. The van der Waals surface area contributed by atoms with Gasteiger partial charge in [0, 0.05) is 17.5 Å². The second-order valence-corrected chi connectivity index (χ2v) is 7.30. The van der Waals surface area contributed by atoms with Crippen LogP contribution in [0.1, 0.15) is 17.7 Å². The lowest BCUT2D eigenvalue weighted by Gasteiger charge is -2.15. The Morgan fingerprint density at radius 2 is 1.71 bits per heavy atom. The normalized spacial score (nSPS) is 12.4.